The van der Waals surface area contributed by atoms with E-state index in [1.807, 2.05) is 32.9 Å². The van der Waals surface area contributed by atoms with Gasteiger partial charge in [-0.1, -0.05) is 63.4 Å². The zero-order chi connectivity index (χ0) is 67.8. The predicted molar refractivity (Wildman–Crippen MR) is 289 cm³/mol. The molecule has 0 aromatic heterocycles. The number of nitrogens with two attached hydrogens (primary N) is 2. The standard InChI is InChI=1S/C14H16F3NO3.C12H17NO2.C10H8F3NO3.C8H9NO2.C4F6O3.C4H10O.CH2O3.2CH4.2K.H/c1-13(2,3)21-11(19)10-6-4-9(5-7-10)8-18-12(20)14(15,16)17;1-12(2,3)15-11(14)10-6-4-9(8-13)5-7-10;11-10(12,13)9(17)14-5-6-1-3-7(4-2-6)8(15)16;9-5-6-1-3-7(4-2-6)8(10)11;5-3(6,7)1(11)13-2(12)4(8,9)10;1-4(2,3)5;2-1-4-3;;;;;/h4-7H,8H2,1-3H3,(H,18,20);4-7H,8,13H2,1-3H3;1-4H,5H2,(H,14,17)(H,15,16);1-4H,5,9H2,(H,10,11);;5H,1-3H3;1,3H;2*1H4;;;/q;;;;;;;;;2*+1;-1/p-1. The fourth-order valence-electron chi connectivity index (χ4n) is 4.52. The van der Waals surface area contributed by atoms with E-state index in [0.717, 1.165) is 11.1 Å². The maximum absolute atomic E-state index is 12.0. The average molecular weight is 1370 g/mol. The summed E-state index contributed by atoms with van der Waals surface area (Å²) in [6, 6.07) is 24.6. The van der Waals surface area contributed by atoms with E-state index in [-0.39, 0.29) is 156 Å². The summed E-state index contributed by atoms with van der Waals surface area (Å²) in [5.41, 5.74) is 13.1. The molecule has 4 rings (SSSR count). The Balaban J connectivity index is -0.000000152. The number of hydrogen-bond acceptors (Lipinski definition) is 17. The quantitative estimate of drug-likeness (QED) is 0.0166. The van der Waals surface area contributed by atoms with Crippen LogP contribution in [0.15, 0.2) is 97.1 Å². The van der Waals surface area contributed by atoms with Gasteiger partial charge in [-0.05, 0) is 133 Å². The predicted octanol–water partition coefficient (Wildman–Crippen LogP) is 3.11. The largest absolute Gasteiger partial charge is 1.00 e. The molecule has 0 saturated carbocycles. The number of carbonyl (C=O) groups excluding carboxylic acids is 7. The van der Waals surface area contributed by atoms with E-state index in [4.69, 9.17) is 46.3 Å². The van der Waals surface area contributed by atoms with Gasteiger partial charge in [0.1, 0.15) is 11.2 Å². The Morgan fingerprint density at radius 1 is 0.467 bits per heavy atom. The first-order chi connectivity index (χ1) is 38.9. The number of carboxylic acid groups (broad SMARTS) is 2. The molecule has 9 N–H and O–H groups in total. The maximum atomic E-state index is 12.0. The van der Waals surface area contributed by atoms with Gasteiger partial charge in [-0.3, -0.25) is 14.4 Å². The summed E-state index contributed by atoms with van der Waals surface area (Å²) in [5, 5.41) is 37.5. The normalized spacial score (nSPS) is 10.6. The molecule has 0 fully saturated rings. The molecule has 0 aliphatic rings. The number of rotatable bonds is 11. The third-order valence-electron chi connectivity index (χ3n) is 8.16. The summed E-state index contributed by atoms with van der Waals surface area (Å²) in [5.74, 6) is -13.3. The first kappa shape index (κ1) is 98.2. The molecule has 0 atom stereocenters. The fraction of sp³-hybridized carbons (Fsp3) is 0.400. The third-order valence-corrected chi connectivity index (χ3v) is 8.16. The molecule has 0 spiro atoms. The van der Waals surface area contributed by atoms with Gasteiger partial charge in [-0.25, -0.2) is 28.8 Å². The van der Waals surface area contributed by atoms with Crippen LogP contribution in [-0.2, 0) is 69.2 Å². The van der Waals surface area contributed by atoms with Crippen LogP contribution in [0.1, 0.15) is 142 Å². The summed E-state index contributed by atoms with van der Waals surface area (Å²) >= 11 is 0. The van der Waals surface area contributed by atoms with E-state index in [1.54, 1.807) is 88.6 Å². The van der Waals surface area contributed by atoms with E-state index in [2.05, 4.69) is 9.62 Å². The van der Waals surface area contributed by atoms with E-state index in [9.17, 15) is 91.0 Å². The van der Waals surface area contributed by atoms with Crippen molar-refractivity contribution < 1.29 is 240 Å². The van der Waals surface area contributed by atoms with Crippen molar-refractivity contribution in [2.24, 2.45) is 11.5 Å². The van der Waals surface area contributed by atoms with Crippen molar-refractivity contribution in [1.29, 1.82) is 0 Å². The molecule has 4 aromatic rings. The molecule has 35 heteroatoms. The molecule has 90 heavy (non-hydrogen) atoms. The average Bonchev–Trinajstić information content (AvgIpc) is 3.54. The first-order valence-corrected chi connectivity index (χ1v) is 23.7. The number of hydrogen-bond donors (Lipinski definition) is 7. The van der Waals surface area contributed by atoms with Crippen LogP contribution in [0.5, 0.6) is 0 Å². The van der Waals surface area contributed by atoms with E-state index in [1.165, 1.54) is 48.5 Å². The monoisotopic (exact) mass is 1360 g/mol. The Bertz CT molecular complexity index is 2760. The number of aliphatic hydroxyl groups is 1. The molecule has 0 saturated heterocycles. The van der Waals surface area contributed by atoms with Crippen LogP contribution in [-0.4, -0.2) is 111 Å². The SMILES string of the molecule is C.C.CC(C)(C)O.CC(C)(C)OC(=O)c1ccc(CN)cc1.CC(C)(C)OC(=O)c1ccc(CNC(=O)C(F)(F)F)cc1.NCc1ccc(C(=O)O)cc1.O=C(O)c1ccc(CNC(=O)C(F)(F)F)cc1.O=C(OC(=O)C(F)(F)F)C(F)(F)F.O=CO[O-].[H-].[K+].[K+]. The number of esters is 4. The van der Waals surface area contributed by atoms with Crippen LogP contribution in [0.2, 0.25) is 0 Å². The summed E-state index contributed by atoms with van der Waals surface area (Å²) in [4.78, 5) is 95.9. The van der Waals surface area contributed by atoms with Gasteiger partial charge in [-0.2, -0.15) is 52.7 Å². The number of alkyl halides is 12. The maximum Gasteiger partial charge on any atom is 1.00 e. The van der Waals surface area contributed by atoms with Gasteiger partial charge in [0.25, 0.3) is 6.47 Å². The molecule has 0 unspecified atom stereocenters. The third kappa shape index (κ3) is 51.2. The molecule has 498 valence electrons. The van der Waals surface area contributed by atoms with Crippen LogP contribution in [0, 0.1) is 0 Å². The van der Waals surface area contributed by atoms with Gasteiger partial charge in [-0.15, -0.1) is 0 Å². The van der Waals surface area contributed by atoms with Crippen molar-refractivity contribution in [2.45, 2.75) is 145 Å². The molecule has 2 amide bonds. The molecule has 0 bridgehead atoms. The summed E-state index contributed by atoms with van der Waals surface area (Å²) < 4.78 is 152. The Morgan fingerprint density at radius 3 is 0.844 bits per heavy atom. The van der Waals surface area contributed by atoms with Crippen LogP contribution in [0.3, 0.4) is 0 Å². The number of halogens is 12. The minimum Gasteiger partial charge on any atom is -1.00 e. The topological polar surface area (TPSA) is 350 Å². The molecule has 4 aromatic carbocycles. The van der Waals surface area contributed by atoms with Gasteiger partial charge >= 0.3 is 175 Å². The van der Waals surface area contributed by atoms with Crippen molar-refractivity contribution in [1.82, 2.24) is 10.6 Å². The smallest absolute Gasteiger partial charge is 1.00 e. The summed E-state index contributed by atoms with van der Waals surface area (Å²) in [6.07, 6.45) is -21.1. The molecular weight excluding hydrogens is 1290 g/mol. The summed E-state index contributed by atoms with van der Waals surface area (Å²) in [6.45, 7) is 16.1. The number of amides is 2. The Labute approximate surface area is 596 Å². The zero-order valence-corrected chi connectivity index (χ0v) is 55.1. The molecule has 0 aliphatic carbocycles. The van der Waals surface area contributed by atoms with Crippen LogP contribution < -0.4 is 130 Å². The fourth-order valence-corrected chi connectivity index (χ4v) is 4.52. The van der Waals surface area contributed by atoms with Crippen molar-refractivity contribution in [3.63, 3.8) is 0 Å². The van der Waals surface area contributed by atoms with Gasteiger partial charge in [0.15, 0.2) is 0 Å². The van der Waals surface area contributed by atoms with Crippen LogP contribution in [0.4, 0.5) is 52.7 Å². The minimum absolute atomic E-state index is 0. The Morgan fingerprint density at radius 2 is 0.678 bits per heavy atom. The van der Waals surface area contributed by atoms with Gasteiger partial charge in [0.2, 0.25) is 0 Å². The Hall–Kier alpha value is -5.42. The van der Waals surface area contributed by atoms with E-state index < -0.39 is 83.2 Å². The van der Waals surface area contributed by atoms with Crippen molar-refractivity contribution in [3.05, 3.63) is 142 Å². The van der Waals surface area contributed by atoms with Gasteiger partial charge in [0, 0.05) is 26.2 Å². The first-order valence-electron chi connectivity index (χ1n) is 23.7. The second kappa shape index (κ2) is 45.8. The van der Waals surface area contributed by atoms with Crippen molar-refractivity contribution in [2.75, 3.05) is 0 Å². The number of ether oxygens (including phenoxy) is 3. The molecule has 0 aliphatic heterocycles. The van der Waals surface area contributed by atoms with Gasteiger partial charge < -0.3 is 63.2 Å². The number of carbonyl (C=O) groups is 9. The number of carboxylic acids is 2. The van der Waals surface area contributed by atoms with Crippen molar-refractivity contribution in [3.8, 4) is 0 Å². The minimum atomic E-state index is -5.62. The van der Waals surface area contributed by atoms with E-state index in [0.29, 0.717) is 35.3 Å². The second-order valence-corrected chi connectivity index (χ2v) is 19.2. The molecule has 0 radical (unpaired) electrons. The number of nitrogens with one attached hydrogen (secondary N) is 2. The second-order valence-electron chi connectivity index (χ2n) is 19.2. The number of aromatic carboxylic acids is 2. The Kier molecular flexibility index (Phi) is 49.9. The van der Waals surface area contributed by atoms with Crippen molar-refractivity contribution >= 4 is 54.1 Å². The van der Waals surface area contributed by atoms with Gasteiger partial charge in [0.05, 0.1) is 27.9 Å². The molecular formula is C55H70F12K2N4O17. The number of benzene rings is 4. The van der Waals surface area contributed by atoms with Crippen LogP contribution in [0.25, 0.3) is 0 Å². The molecule has 21 nitrogen and oxygen atoms in total. The summed E-state index contributed by atoms with van der Waals surface area (Å²) in [7, 11) is 0. The van der Waals surface area contributed by atoms with E-state index >= 15 is 0 Å². The van der Waals surface area contributed by atoms with Crippen LogP contribution >= 0.6 is 0 Å². The zero-order valence-electron chi connectivity index (χ0n) is 49.9. The molecule has 0 heterocycles.